The first-order chi connectivity index (χ1) is 10.5. The van der Waals surface area contributed by atoms with Crippen LogP contribution in [0, 0.1) is 5.41 Å². The first kappa shape index (κ1) is 18.0. The molecule has 7 heteroatoms. The van der Waals surface area contributed by atoms with Gasteiger partial charge in [-0.1, -0.05) is 26.8 Å². The van der Waals surface area contributed by atoms with E-state index in [0.717, 1.165) is 12.7 Å². The molecule has 2 rings (SSSR count). The van der Waals surface area contributed by atoms with Crippen LogP contribution in [0.2, 0.25) is 0 Å². The quantitative estimate of drug-likeness (QED) is 0.727. The number of benzene rings is 1. The van der Waals surface area contributed by atoms with Crippen molar-refractivity contribution in [3.05, 3.63) is 23.3 Å². The van der Waals surface area contributed by atoms with Gasteiger partial charge in [0.15, 0.2) is 11.5 Å². The highest BCUT2D eigenvalue weighted by atomic mass is 32.2. The Hall–Kier alpha value is -1.31. The number of fused-ring (bicyclic) bond motifs is 1. The summed E-state index contributed by atoms with van der Waals surface area (Å²) in [6, 6.07) is 3.07. The molecule has 0 spiro atoms. The lowest BCUT2D eigenvalue weighted by molar-refractivity contribution is -0.0410. The number of ether oxygens (including phenoxy) is 1. The molecule has 0 radical (unpaired) electrons. The number of hydrogen-bond donors (Lipinski definition) is 3. The first-order valence-electron chi connectivity index (χ1n) is 7.60. The van der Waals surface area contributed by atoms with Gasteiger partial charge in [-0.05, 0) is 23.5 Å². The molecular weight excluding hydrogens is 318 g/mol. The number of phenolic OH excluding ortho intramolecular Hbond substituents is 2. The van der Waals surface area contributed by atoms with Gasteiger partial charge in [0, 0.05) is 18.5 Å². The Morgan fingerprint density at radius 2 is 1.96 bits per heavy atom. The molecule has 2 atom stereocenters. The topological polar surface area (TPSA) is 95.9 Å². The summed E-state index contributed by atoms with van der Waals surface area (Å²) in [7, 11) is -3.34. The van der Waals surface area contributed by atoms with Crippen LogP contribution in [0.3, 0.4) is 0 Å². The van der Waals surface area contributed by atoms with Gasteiger partial charge in [-0.25, -0.2) is 13.1 Å². The van der Waals surface area contributed by atoms with Crippen molar-refractivity contribution in [1.82, 2.24) is 4.72 Å². The zero-order valence-corrected chi connectivity index (χ0v) is 14.8. The zero-order valence-electron chi connectivity index (χ0n) is 14.0. The molecular formula is C16H25NO5S. The van der Waals surface area contributed by atoms with Crippen molar-refractivity contribution in [2.75, 3.05) is 12.8 Å². The summed E-state index contributed by atoms with van der Waals surface area (Å²) in [5.74, 6) is -0.316. The third-order valence-corrected chi connectivity index (χ3v) is 4.50. The normalized spacial score (nSPS) is 21.9. The molecule has 1 aliphatic heterocycles. The number of sulfonamides is 1. The van der Waals surface area contributed by atoms with E-state index in [1.807, 2.05) is 0 Å². The van der Waals surface area contributed by atoms with Crippen molar-refractivity contribution in [3.8, 4) is 11.5 Å². The van der Waals surface area contributed by atoms with Crippen LogP contribution in [-0.4, -0.2) is 37.5 Å². The molecule has 1 aromatic rings. The van der Waals surface area contributed by atoms with Gasteiger partial charge < -0.3 is 14.9 Å². The van der Waals surface area contributed by atoms with Gasteiger partial charge in [0.1, 0.15) is 0 Å². The summed E-state index contributed by atoms with van der Waals surface area (Å²) in [6.45, 7) is 6.38. The summed E-state index contributed by atoms with van der Waals surface area (Å²) in [5, 5.41) is 19.9. The van der Waals surface area contributed by atoms with Crippen molar-refractivity contribution < 1.29 is 23.4 Å². The largest absolute Gasteiger partial charge is 0.504 e. The van der Waals surface area contributed by atoms with Crippen LogP contribution in [-0.2, 0) is 21.2 Å². The average Bonchev–Trinajstić information content (AvgIpc) is 2.38. The van der Waals surface area contributed by atoms with E-state index in [-0.39, 0.29) is 29.6 Å². The molecule has 0 fully saturated rings. The lowest BCUT2D eigenvalue weighted by Crippen LogP contribution is -2.36. The summed E-state index contributed by atoms with van der Waals surface area (Å²) in [4.78, 5) is 0. The fourth-order valence-corrected chi connectivity index (χ4v) is 3.38. The van der Waals surface area contributed by atoms with E-state index in [4.69, 9.17) is 4.74 Å². The second kappa shape index (κ2) is 6.30. The van der Waals surface area contributed by atoms with Gasteiger partial charge in [-0.2, -0.15) is 0 Å². The van der Waals surface area contributed by atoms with Crippen LogP contribution in [0.1, 0.15) is 44.4 Å². The molecule has 3 N–H and O–H groups in total. The highest BCUT2D eigenvalue weighted by Gasteiger charge is 2.33. The van der Waals surface area contributed by atoms with Crippen LogP contribution in [0.5, 0.6) is 11.5 Å². The third-order valence-electron chi connectivity index (χ3n) is 3.80. The van der Waals surface area contributed by atoms with Gasteiger partial charge in [-0.3, -0.25) is 0 Å². The molecule has 1 aliphatic rings. The average molecular weight is 343 g/mol. The Kier molecular flexibility index (Phi) is 4.94. The monoisotopic (exact) mass is 343 g/mol. The van der Waals surface area contributed by atoms with E-state index in [9.17, 15) is 18.6 Å². The molecule has 1 heterocycles. The van der Waals surface area contributed by atoms with Crippen molar-refractivity contribution in [1.29, 1.82) is 0 Å². The molecule has 0 saturated carbocycles. The summed E-state index contributed by atoms with van der Waals surface area (Å²) >= 11 is 0. The lowest BCUT2D eigenvalue weighted by atomic mass is 9.84. The van der Waals surface area contributed by atoms with Crippen LogP contribution in [0.25, 0.3) is 0 Å². The Labute approximate surface area is 137 Å². The Morgan fingerprint density at radius 3 is 2.52 bits per heavy atom. The zero-order chi connectivity index (χ0) is 17.4. The highest BCUT2D eigenvalue weighted by molar-refractivity contribution is 7.88. The van der Waals surface area contributed by atoms with Crippen LogP contribution < -0.4 is 4.72 Å². The maximum absolute atomic E-state index is 11.4. The molecule has 6 nitrogen and oxygen atoms in total. The van der Waals surface area contributed by atoms with Crippen molar-refractivity contribution in [2.45, 2.75) is 45.8 Å². The Bertz CT molecular complexity index is 678. The van der Waals surface area contributed by atoms with E-state index < -0.39 is 16.1 Å². The van der Waals surface area contributed by atoms with Crippen molar-refractivity contribution in [2.24, 2.45) is 5.41 Å². The lowest BCUT2D eigenvalue weighted by Gasteiger charge is -2.35. The summed E-state index contributed by atoms with van der Waals surface area (Å²) < 4.78 is 31.2. The molecule has 1 aromatic carbocycles. The molecule has 0 saturated heterocycles. The van der Waals surface area contributed by atoms with Crippen LogP contribution >= 0.6 is 0 Å². The Morgan fingerprint density at radius 1 is 1.30 bits per heavy atom. The van der Waals surface area contributed by atoms with Crippen molar-refractivity contribution >= 4 is 10.0 Å². The standard InChI is InChI=1S/C16H25NO5S/c1-16(2,3)8-10-7-12-11(5-6-13(18)15(12)19)14(22-10)9-17-23(4,20)21/h5-6,10,14,17-19H,7-9H2,1-4H3. The van der Waals surface area contributed by atoms with Crippen molar-refractivity contribution in [3.63, 3.8) is 0 Å². The van der Waals surface area contributed by atoms with Crippen LogP contribution in [0.4, 0.5) is 0 Å². The minimum atomic E-state index is -3.34. The minimum Gasteiger partial charge on any atom is -0.504 e. The maximum atomic E-state index is 11.4. The van der Waals surface area contributed by atoms with Gasteiger partial charge in [-0.15, -0.1) is 0 Å². The molecule has 0 amide bonds. The van der Waals surface area contributed by atoms with Gasteiger partial charge in [0.2, 0.25) is 10.0 Å². The number of aromatic hydroxyl groups is 2. The predicted molar refractivity (Wildman–Crippen MR) is 88.0 cm³/mol. The number of phenols is 2. The van der Waals surface area contributed by atoms with E-state index in [1.165, 1.54) is 6.07 Å². The van der Waals surface area contributed by atoms with Gasteiger partial charge in [0.25, 0.3) is 0 Å². The molecule has 0 aliphatic carbocycles. The van der Waals surface area contributed by atoms with E-state index in [1.54, 1.807) is 6.07 Å². The van der Waals surface area contributed by atoms with E-state index in [0.29, 0.717) is 17.5 Å². The fourth-order valence-electron chi connectivity index (χ4n) is 2.93. The first-order valence-corrected chi connectivity index (χ1v) is 9.49. The molecule has 2 unspecified atom stereocenters. The number of hydrogen-bond acceptors (Lipinski definition) is 5. The SMILES string of the molecule is CC(C)(C)CC1Cc2c(ccc(O)c2O)C(CNS(C)(=O)=O)O1. The summed E-state index contributed by atoms with van der Waals surface area (Å²) in [5.41, 5.74) is 1.37. The summed E-state index contributed by atoms with van der Waals surface area (Å²) in [6.07, 6.45) is 1.70. The highest BCUT2D eigenvalue weighted by Crippen LogP contribution is 2.41. The fraction of sp³-hybridized carbons (Fsp3) is 0.625. The Balaban J connectivity index is 2.32. The third kappa shape index (κ3) is 4.83. The van der Waals surface area contributed by atoms with E-state index in [2.05, 4.69) is 25.5 Å². The minimum absolute atomic E-state index is 0.0312. The number of rotatable bonds is 4. The second-order valence-electron chi connectivity index (χ2n) is 7.34. The van der Waals surface area contributed by atoms with Gasteiger partial charge >= 0.3 is 0 Å². The second-order valence-corrected chi connectivity index (χ2v) is 9.17. The molecule has 23 heavy (non-hydrogen) atoms. The maximum Gasteiger partial charge on any atom is 0.208 e. The smallest absolute Gasteiger partial charge is 0.208 e. The molecule has 0 aromatic heterocycles. The molecule has 130 valence electrons. The van der Waals surface area contributed by atoms with Crippen LogP contribution in [0.15, 0.2) is 12.1 Å². The number of nitrogens with one attached hydrogen (secondary N) is 1. The predicted octanol–water partition coefficient (Wildman–Crippen LogP) is 2.07. The molecule has 0 bridgehead atoms. The van der Waals surface area contributed by atoms with Gasteiger partial charge in [0.05, 0.1) is 18.5 Å². The van der Waals surface area contributed by atoms with E-state index >= 15 is 0 Å².